The van der Waals surface area contributed by atoms with Gasteiger partial charge in [-0.2, -0.15) is 0 Å². The van der Waals surface area contributed by atoms with Gasteiger partial charge in [0.15, 0.2) is 0 Å². The van der Waals surface area contributed by atoms with Gasteiger partial charge in [0.1, 0.15) is 18.1 Å². The second-order valence-corrected chi connectivity index (χ2v) is 5.11. The highest BCUT2D eigenvalue weighted by atomic mass is 16.5. The van der Waals surface area contributed by atoms with E-state index in [1.807, 2.05) is 24.3 Å². The van der Waals surface area contributed by atoms with Crippen LogP contribution in [0.1, 0.15) is 24.1 Å². The molecule has 0 amide bonds. The minimum Gasteiger partial charge on any atom is -0.497 e. The maximum absolute atomic E-state index is 5.69. The third kappa shape index (κ3) is 4.80. The molecule has 0 aliphatic rings. The lowest BCUT2D eigenvalue weighted by atomic mass is 10.1. The second-order valence-electron chi connectivity index (χ2n) is 5.11. The molecule has 0 saturated heterocycles. The smallest absolute Gasteiger partial charge is 0.119 e. The van der Waals surface area contributed by atoms with E-state index in [0.29, 0.717) is 12.6 Å². The standard InChI is InChI=1S/C18H23NO2/c1-14-4-6-16(7-5-14)15(2)19-12-13-21-18-10-8-17(20-3)9-11-18/h4-11,15,19H,12-13H2,1-3H3/t15-/m1/s1. The van der Waals surface area contributed by atoms with Crippen LogP contribution in [-0.2, 0) is 0 Å². The lowest BCUT2D eigenvalue weighted by Crippen LogP contribution is -2.24. The Balaban J connectivity index is 1.72. The molecule has 21 heavy (non-hydrogen) atoms. The number of hydrogen-bond acceptors (Lipinski definition) is 3. The van der Waals surface area contributed by atoms with Gasteiger partial charge in [0.2, 0.25) is 0 Å². The van der Waals surface area contributed by atoms with Gasteiger partial charge in [-0.05, 0) is 43.7 Å². The van der Waals surface area contributed by atoms with Gasteiger partial charge in [-0.3, -0.25) is 0 Å². The summed E-state index contributed by atoms with van der Waals surface area (Å²) in [5.41, 5.74) is 2.58. The van der Waals surface area contributed by atoms with E-state index in [9.17, 15) is 0 Å². The van der Waals surface area contributed by atoms with Crippen LogP contribution < -0.4 is 14.8 Å². The van der Waals surface area contributed by atoms with Crippen LogP contribution in [0.2, 0.25) is 0 Å². The summed E-state index contributed by atoms with van der Waals surface area (Å²) >= 11 is 0. The number of ether oxygens (including phenoxy) is 2. The number of hydrogen-bond donors (Lipinski definition) is 1. The molecule has 3 heteroatoms. The summed E-state index contributed by atoms with van der Waals surface area (Å²) in [5, 5.41) is 3.46. The summed E-state index contributed by atoms with van der Waals surface area (Å²) < 4.78 is 10.8. The van der Waals surface area contributed by atoms with Crippen molar-refractivity contribution in [1.82, 2.24) is 5.32 Å². The van der Waals surface area contributed by atoms with Gasteiger partial charge in [-0.15, -0.1) is 0 Å². The lowest BCUT2D eigenvalue weighted by molar-refractivity contribution is 0.307. The molecular weight excluding hydrogens is 262 g/mol. The molecule has 0 radical (unpaired) electrons. The first-order valence-electron chi connectivity index (χ1n) is 7.26. The van der Waals surface area contributed by atoms with E-state index in [2.05, 4.69) is 43.4 Å². The van der Waals surface area contributed by atoms with Crippen LogP contribution in [0.5, 0.6) is 11.5 Å². The molecule has 0 unspecified atom stereocenters. The van der Waals surface area contributed by atoms with Crippen molar-refractivity contribution in [1.29, 1.82) is 0 Å². The highest BCUT2D eigenvalue weighted by Gasteiger charge is 2.03. The Morgan fingerprint density at radius 3 is 2.19 bits per heavy atom. The second kappa shape index (κ2) is 7.70. The van der Waals surface area contributed by atoms with Crippen LogP contribution >= 0.6 is 0 Å². The van der Waals surface area contributed by atoms with Crippen LogP contribution in [-0.4, -0.2) is 20.3 Å². The van der Waals surface area contributed by atoms with Crippen molar-refractivity contribution >= 4 is 0 Å². The topological polar surface area (TPSA) is 30.5 Å². The van der Waals surface area contributed by atoms with E-state index in [1.54, 1.807) is 7.11 Å². The fourth-order valence-electron chi connectivity index (χ4n) is 2.09. The first-order valence-corrected chi connectivity index (χ1v) is 7.26. The van der Waals surface area contributed by atoms with Crippen molar-refractivity contribution in [2.75, 3.05) is 20.3 Å². The van der Waals surface area contributed by atoms with Gasteiger partial charge < -0.3 is 14.8 Å². The summed E-state index contributed by atoms with van der Waals surface area (Å²) in [5.74, 6) is 1.70. The summed E-state index contributed by atoms with van der Waals surface area (Å²) in [6, 6.07) is 16.6. The molecule has 0 aromatic heterocycles. The first-order chi connectivity index (χ1) is 10.2. The predicted molar refractivity (Wildman–Crippen MR) is 86.1 cm³/mol. The Morgan fingerprint density at radius 2 is 1.57 bits per heavy atom. The molecule has 0 aliphatic heterocycles. The highest BCUT2D eigenvalue weighted by molar-refractivity contribution is 5.31. The Morgan fingerprint density at radius 1 is 0.952 bits per heavy atom. The van der Waals surface area contributed by atoms with E-state index in [1.165, 1.54) is 11.1 Å². The van der Waals surface area contributed by atoms with E-state index in [-0.39, 0.29) is 0 Å². The van der Waals surface area contributed by atoms with Crippen LogP contribution in [0.3, 0.4) is 0 Å². The normalized spacial score (nSPS) is 12.0. The minimum atomic E-state index is 0.324. The first kappa shape index (κ1) is 15.4. The SMILES string of the molecule is COc1ccc(OCCN[C@H](C)c2ccc(C)cc2)cc1. The number of aryl methyl sites for hydroxylation is 1. The average Bonchev–Trinajstić information content (AvgIpc) is 2.52. The molecule has 2 rings (SSSR count). The fraction of sp³-hybridized carbons (Fsp3) is 0.333. The van der Waals surface area contributed by atoms with Gasteiger partial charge in [0, 0.05) is 12.6 Å². The number of rotatable bonds is 7. The lowest BCUT2D eigenvalue weighted by Gasteiger charge is -2.15. The Bertz CT molecular complexity index is 534. The van der Waals surface area contributed by atoms with Crippen LogP contribution in [0, 0.1) is 6.92 Å². The molecular formula is C18H23NO2. The Labute approximate surface area is 126 Å². The third-order valence-electron chi connectivity index (χ3n) is 3.46. The molecule has 2 aromatic carbocycles. The van der Waals surface area contributed by atoms with Crippen LogP contribution in [0.4, 0.5) is 0 Å². The van der Waals surface area contributed by atoms with Crippen molar-refractivity contribution in [2.45, 2.75) is 19.9 Å². The molecule has 0 aliphatic carbocycles. The highest BCUT2D eigenvalue weighted by Crippen LogP contribution is 2.17. The Hall–Kier alpha value is -2.00. The number of methoxy groups -OCH3 is 1. The molecule has 0 heterocycles. The number of nitrogens with one attached hydrogen (secondary N) is 1. The van der Waals surface area contributed by atoms with E-state index in [0.717, 1.165) is 18.0 Å². The maximum Gasteiger partial charge on any atom is 0.119 e. The van der Waals surface area contributed by atoms with Crippen molar-refractivity contribution in [3.63, 3.8) is 0 Å². The zero-order chi connectivity index (χ0) is 15.1. The Kier molecular flexibility index (Phi) is 5.64. The van der Waals surface area contributed by atoms with Crippen LogP contribution in [0.25, 0.3) is 0 Å². The molecule has 0 saturated carbocycles. The molecule has 2 aromatic rings. The molecule has 0 spiro atoms. The van der Waals surface area contributed by atoms with E-state index < -0.39 is 0 Å². The number of benzene rings is 2. The summed E-state index contributed by atoms with van der Waals surface area (Å²) in [6.07, 6.45) is 0. The quantitative estimate of drug-likeness (QED) is 0.786. The fourth-order valence-corrected chi connectivity index (χ4v) is 2.09. The maximum atomic E-state index is 5.69. The van der Waals surface area contributed by atoms with Crippen LogP contribution in [0.15, 0.2) is 48.5 Å². The van der Waals surface area contributed by atoms with Gasteiger partial charge in [-0.1, -0.05) is 29.8 Å². The molecule has 112 valence electrons. The van der Waals surface area contributed by atoms with Gasteiger partial charge in [-0.25, -0.2) is 0 Å². The van der Waals surface area contributed by atoms with E-state index in [4.69, 9.17) is 9.47 Å². The van der Waals surface area contributed by atoms with Crippen molar-refractivity contribution in [2.24, 2.45) is 0 Å². The summed E-state index contributed by atoms with van der Waals surface area (Å²) in [4.78, 5) is 0. The molecule has 0 fully saturated rings. The van der Waals surface area contributed by atoms with Crippen molar-refractivity contribution in [3.8, 4) is 11.5 Å². The molecule has 0 bridgehead atoms. The summed E-state index contributed by atoms with van der Waals surface area (Å²) in [6.45, 7) is 5.71. The zero-order valence-electron chi connectivity index (χ0n) is 12.9. The molecule has 1 atom stereocenters. The molecule has 3 nitrogen and oxygen atoms in total. The predicted octanol–water partition coefficient (Wildman–Crippen LogP) is 3.73. The van der Waals surface area contributed by atoms with Gasteiger partial charge >= 0.3 is 0 Å². The summed E-state index contributed by atoms with van der Waals surface area (Å²) in [7, 11) is 1.66. The average molecular weight is 285 g/mol. The zero-order valence-corrected chi connectivity index (χ0v) is 12.9. The monoisotopic (exact) mass is 285 g/mol. The largest absolute Gasteiger partial charge is 0.497 e. The van der Waals surface area contributed by atoms with Crippen molar-refractivity contribution < 1.29 is 9.47 Å². The molecule has 1 N–H and O–H groups in total. The third-order valence-corrected chi connectivity index (χ3v) is 3.46. The van der Waals surface area contributed by atoms with Crippen molar-refractivity contribution in [3.05, 3.63) is 59.7 Å². The van der Waals surface area contributed by atoms with E-state index >= 15 is 0 Å². The minimum absolute atomic E-state index is 0.324. The van der Waals surface area contributed by atoms with Gasteiger partial charge in [0.05, 0.1) is 7.11 Å². The van der Waals surface area contributed by atoms with Gasteiger partial charge in [0.25, 0.3) is 0 Å².